The molecule has 0 bridgehead atoms. The van der Waals surface area contributed by atoms with E-state index in [0.717, 1.165) is 40.5 Å². The third kappa shape index (κ3) is 3.01. The maximum absolute atomic E-state index is 4.76. The first-order valence-electron chi connectivity index (χ1n) is 8.02. The Bertz CT molecular complexity index is 847. The number of fused-ring (bicyclic) bond motifs is 2. The van der Waals surface area contributed by atoms with Crippen molar-refractivity contribution in [1.29, 1.82) is 0 Å². The Labute approximate surface area is 144 Å². The van der Waals surface area contributed by atoms with Crippen molar-refractivity contribution in [2.45, 2.75) is 31.8 Å². The molecule has 23 heavy (non-hydrogen) atoms. The fraction of sp³-hybridized carbons (Fsp3) is 0.263. The lowest BCUT2D eigenvalue weighted by molar-refractivity contribution is 0.445. The van der Waals surface area contributed by atoms with Gasteiger partial charge < -0.3 is 5.32 Å². The molecule has 1 N–H and O–H groups in total. The van der Waals surface area contributed by atoms with Crippen LogP contribution < -0.4 is 5.32 Å². The molecule has 3 aromatic rings. The van der Waals surface area contributed by atoms with Crippen LogP contribution in [0.3, 0.4) is 0 Å². The summed E-state index contributed by atoms with van der Waals surface area (Å²) in [6.45, 7) is 0.767. The van der Waals surface area contributed by atoms with Crippen LogP contribution in [0.25, 0.3) is 10.9 Å². The number of nitrogens with one attached hydrogen (secondary N) is 1. The van der Waals surface area contributed by atoms with Crippen LogP contribution >= 0.6 is 15.9 Å². The normalized spacial score (nSPS) is 17.2. The van der Waals surface area contributed by atoms with Crippen LogP contribution in [-0.2, 0) is 13.0 Å². The molecule has 2 aromatic heterocycles. The minimum Gasteiger partial charge on any atom is -0.303 e. The molecule has 1 aromatic carbocycles. The van der Waals surface area contributed by atoms with E-state index < -0.39 is 0 Å². The highest BCUT2D eigenvalue weighted by atomic mass is 79.9. The average molecular weight is 368 g/mol. The van der Waals surface area contributed by atoms with Gasteiger partial charge in [-0.1, -0.05) is 28.1 Å². The highest BCUT2D eigenvalue weighted by Crippen LogP contribution is 2.28. The zero-order valence-corrected chi connectivity index (χ0v) is 14.4. The molecule has 0 saturated heterocycles. The van der Waals surface area contributed by atoms with Crippen molar-refractivity contribution < 1.29 is 0 Å². The van der Waals surface area contributed by atoms with E-state index in [1.807, 2.05) is 24.4 Å². The number of hydrogen-bond donors (Lipinski definition) is 1. The zero-order valence-electron chi connectivity index (χ0n) is 12.8. The molecule has 0 fully saturated rings. The van der Waals surface area contributed by atoms with Crippen molar-refractivity contribution in [3.05, 3.63) is 70.1 Å². The quantitative estimate of drug-likeness (QED) is 0.737. The van der Waals surface area contributed by atoms with Gasteiger partial charge in [0.05, 0.1) is 22.9 Å². The maximum Gasteiger partial charge on any atom is 0.0717 e. The summed E-state index contributed by atoms with van der Waals surface area (Å²) in [5, 5.41) is 4.79. The van der Waals surface area contributed by atoms with E-state index in [1.165, 1.54) is 17.7 Å². The van der Waals surface area contributed by atoms with E-state index in [1.54, 1.807) is 0 Å². The predicted molar refractivity (Wildman–Crippen MR) is 96.2 cm³/mol. The molecule has 3 nitrogen and oxygen atoms in total. The van der Waals surface area contributed by atoms with Gasteiger partial charge in [0, 0.05) is 22.6 Å². The third-order valence-corrected chi connectivity index (χ3v) is 5.15. The van der Waals surface area contributed by atoms with E-state index in [0.29, 0.717) is 6.04 Å². The summed E-state index contributed by atoms with van der Waals surface area (Å²) in [5.74, 6) is 0. The molecule has 1 aliphatic carbocycles. The van der Waals surface area contributed by atoms with E-state index >= 15 is 0 Å². The highest BCUT2D eigenvalue weighted by Gasteiger charge is 2.20. The second kappa shape index (κ2) is 6.38. The summed E-state index contributed by atoms with van der Waals surface area (Å²) in [6, 6.07) is 14.9. The molecule has 2 heterocycles. The molecule has 116 valence electrons. The van der Waals surface area contributed by atoms with Crippen LogP contribution in [0.5, 0.6) is 0 Å². The van der Waals surface area contributed by atoms with Crippen molar-refractivity contribution in [2.75, 3.05) is 0 Å². The highest BCUT2D eigenvalue weighted by molar-refractivity contribution is 9.10. The van der Waals surface area contributed by atoms with Crippen LogP contribution in [-0.4, -0.2) is 9.97 Å². The fourth-order valence-electron chi connectivity index (χ4n) is 3.29. The standard InChI is InChI=1S/C19H18BrN3/c20-16-6-2-7-17-15(16)10-9-14(23-17)12-22-18-8-1-4-13-5-3-11-21-19(13)18/h2-3,5-7,9-11,18,22H,1,4,8,12H2. The van der Waals surface area contributed by atoms with Gasteiger partial charge in [0.25, 0.3) is 0 Å². The van der Waals surface area contributed by atoms with Crippen molar-refractivity contribution in [2.24, 2.45) is 0 Å². The van der Waals surface area contributed by atoms with Gasteiger partial charge >= 0.3 is 0 Å². The Balaban J connectivity index is 1.54. The summed E-state index contributed by atoms with van der Waals surface area (Å²) in [5.41, 5.74) is 4.69. The number of pyridine rings is 2. The van der Waals surface area contributed by atoms with Crippen LogP contribution in [0.4, 0.5) is 0 Å². The zero-order chi connectivity index (χ0) is 15.6. The first-order valence-corrected chi connectivity index (χ1v) is 8.82. The Morgan fingerprint density at radius 2 is 2.09 bits per heavy atom. The molecular weight excluding hydrogens is 350 g/mol. The van der Waals surface area contributed by atoms with Crippen molar-refractivity contribution >= 4 is 26.8 Å². The number of nitrogens with zero attached hydrogens (tertiary/aromatic N) is 2. The average Bonchev–Trinajstić information content (AvgIpc) is 2.60. The summed E-state index contributed by atoms with van der Waals surface area (Å²) in [7, 11) is 0. The first-order chi connectivity index (χ1) is 11.3. The Kier molecular flexibility index (Phi) is 4.10. The monoisotopic (exact) mass is 367 g/mol. The Morgan fingerprint density at radius 1 is 1.13 bits per heavy atom. The van der Waals surface area contributed by atoms with Crippen molar-refractivity contribution in [1.82, 2.24) is 15.3 Å². The summed E-state index contributed by atoms with van der Waals surface area (Å²) in [6.07, 6.45) is 5.39. The molecule has 1 aliphatic rings. The molecule has 1 atom stereocenters. The summed E-state index contributed by atoms with van der Waals surface area (Å²) < 4.78 is 1.09. The molecule has 0 amide bonds. The van der Waals surface area contributed by atoms with Gasteiger partial charge in [-0.05, 0) is 55.2 Å². The van der Waals surface area contributed by atoms with E-state index in [9.17, 15) is 0 Å². The number of halogens is 1. The number of hydrogen-bond acceptors (Lipinski definition) is 3. The van der Waals surface area contributed by atoms with Crippen LogP contribution in [0.15, 0.2) is 53.1 Å². The smallest absolute Gasteiger partial charge is 0.0717 e. The molecule has 0 spiro atoms. The largest absolute Gasteiger partial charge is 0.303 e. The van der Waals surface area contributed by atoms with Gasteiger partial charge in [-0.3, -0.25) is 9.97 Å². The van der Waals surface area contributed by atoms with Gasteiger partial charge in [0.2, 0.25) is 0 Å². The number of rotatable bonds is 3. The van der Waals surface area contributed by atoms with Gasteiger partial charge in [0.15, 0.2) is 0 Å². The predicted octanol–water partition coefficient (Wildman–Crippen LogP) is 4.56. The third-order valence-electron chi connectivity index (χ3n) is 4.46. The number of aromatic nitrogens is 2. The van der Waals surface area contributed by atoms with Gasteiger partial charge in [-0.15, -0.1) is 0 Å². The molecule has 4 heteroatoms. The number of aryl methyl sites for hydroxylation is 1. The molecule has 0 saturated carbocycles. The van der Waals surface area contributed by atoms with E-state index in [4.69, 9.17) is 4.98 Å². The summed E-state index contributed by atoms with van der Waals surface area (Å²) >= 11 is 3.58. The van der Waals surface area contributed by atoms with Gasteiger partial charge in [-0.2, -0.15) is 0 Å². The lowest BCUT2D eigenvalue weighted by atomic mass is 9.92. The van der Waals surface area contributed by atoms with Gasteiger partial charge in [0.1, 0.15) is 0 Å². The van der Waals surface area contributed by atoms with Crippen molar-refractivity contribution in [3.63, 3.8) is 0 Å². The molecule has 4 rings (SSSR count). The topological polar surface area (TPSA) is 37.8 Å². The molecular formula is C19H18BrN3. The van der Waals surface area contributed by atoms with E-state index in [-0.39, 0.29) is 0 Å². The Morgan fingerprint density at radius 3 is 3.04 bits per heavy atom. The maximum atomic E-state index is 4.76. The van der Waals surface area contributed by atoms with Crippen molar-refractivity contribution in [3.8, 4) is 0 Å². The fourth-order valence-corrected chi connectivity index (χ4v) is 3.78. The minimum absolute atomic E-state index is 0.333. The summed E-state index contributed by atoms with van der Waals surface area (Å²) in [4.78, 5) is 9.35. The van der Waals surface area contributed by atoms with E-state index in [2.05, 4.69) is 50.5 Å². The van der Waals surface area contributed by atoms with Crippen LogP contribution in [0.1, 0.15) is 35.8 Å². The lowest BCUT2D eigenvalue weighted by Gasteiger charge is -2.25. The minimum atomic E-state index is 0.333. The van der Waals surface area contributed by atoms with Crippen LogP contribution in [0.2, 0.25) is 0 Å². The molecule has 0 aliphatic heterocycles. The second-order valence-electron chi connectivity index (χ2n) is 5.98. The van der Waals surface area contributed by atoms with Crippen LogP contribution in [0, 0.1) is 0 Å². The molecule has 0 radical (unpaired) electrons. The molecule has 1 unspecified atom stereocenters. The van der Waals surface area contributed by atoms with Gasteiger partial charge in [-0.25, -0.2) is 0 Å². The number of benzene rings is 1. The second-order valence-corrected chi connectivity index (χ2v) is 6.84. The first kappa shape index (κ1) is 14.8. The lowest BCUT2D eigenvalue weighted by Crippen LogP contribution is -2.26. The Hall–Kier alpha value is -1.78. The SMILES string of the molecule is Brc1cccc2nc(CNC3CCCc4cccnc43)ccc12.